The fourth-order valence-electron chi connectivity index (χ4n) is 3.04. The number of sulfonamides is 1. The van der Waals surface area contributed by atoms with Crippen molar-refractivity contribution < 1.29 is 32.6 Å². The predicted octanol–water partition coefficient (Wildman–Crippen LogP) is 2.09. The molecule has 0 aromatic heterocycles. The summed E-state index contributed by atoms with van der Waals surface area (Å²) in [6.45, 7) is 0. The summed E-state index contributed by atoms with van der Waals surface area (Å²) in [6.07, 6.45) is 1.27. The third-order valence-corrected chi connectivity index (χ3v) is 6.36. The van der Waals surface area contributed by atoms with Crippen LogP contribution in [0, 0.1) is 0 Å². The van der Waals surface area contributed by atoms with Crippen molar-refractivity contribution in [3.05, 3.63) is 53.6 Å². The van der Waals surface area contributed by atoms with Crippen LogP contribution < -0.4 is 19.5 Å². The fraction of sp³-hybridized carbons (Fsp3) is 0.333. The molecule has 0 saturated heterocycles. The van der Waals surface area contributed by atoms with E-state index >= 15 is 0 Å². The molecule has 1 amide bonds. The third-order valence-electron chi connectivity index (χ3n) is 4.83. The van der Waals surface area contributed by atoms with Crippen molar-refractivity contribution >= 4 is 21.9 Å². The summed E-state index contributed by atoms with van der Waals surface area (Å²) in [7, 11) is -0.693. The minimum absolute atomic E-state index is 0.0239. The molecule has 2 aromatic rings. The number of hydrogen-bond acceptors (Lipinski definition) is 6. The van der Waals surface area contributed by atoms with Gasteiger partial charge in [-0.2, -0.15) is 0 Å². The maximum atomic E-state index is 12.7. The number of aliphatic carboxylic acids is 1. The van der Waals surface area contributed by atoms with Gasteiger partial charge in [-0.05, 0) is 49.2 Å². The molecular formula is C21H24N2O7S. The van der Waals surface area contributed by atoms with Gasteiger partial charge in [0.2, 0.25) is 10.0 Å². The summed E-state index contributed by atoms with van der Waals surface area (Å²) in [5, 5.41) is 12.0. The number of ether oxygens (including phenoxy) is 2. The molecule has 0 spiro atoms. The number of benzene rings is 2. The Kier molecular flexibility index (Phi) is 6.81. The molecule has 3 rings (SSSR count). The van der Waals surface area contributed by atoms with Crippen molar-refractivity contribution in [2.24, 2.45) is 0 Å². The van der Waals surface area contributed by atoms with Crippen LogP contribution in [0.4, 0.5) is 0 Å². The molecule has 3 N–H and O–H groups in total. The predicted molar refractivity (Wildman–Crippen MR) is 112 cm³/mol. The van der Waals surface area contributed by atoms with Gasteiger partial charge in [-0.25, -0.2) is 13.1 Å². The Hall–Kier alpha value is -3.11. The number of methoxy groups -OCH3 is 2. The zero-order valence-corrected chi connectivity index (χ0v) is 17.9. The van der Waals surface area contributed by atoms with E-state index in [1.165, 1.54) is 38.5 Å². The van der Waals surface area contributed by atoms with E-state index in [9.17, 15) is 23.1 Å². The van der Waals surface area contributed by atoms with Crippen LogP contribution >= 0.6 is 0 Å². The van der Waals surface area contributed by atoms with Gasteiger partial charge < -0.3 is 19.9 Å². The van der Waals surface area contributed by atoms with Crippen LogP contribution in [0.25, 0.3) is 0 Å². The number of carbonyl (C=O) groups is 2. The van der Waals surface area contributed by atoms with Gasteiger partial charge >= 0.3 is 5.97 Å². The summed E-state index contributed by atoms with van der Waals surface area (Å²) in [4.78, 5) is 24.2. The molecule has 10 heteroatoms. The van der Waals surface area contributed by atoms with Gasteiger partial charge in [0, 0.05) is 23.2 Å². The van der Waals surface area contributed by atoms with Gasteiger partial charge in [-0.3, -0.25) is 9.59 Å². The number of hydrogen-bond donors (Lipinski definition) is 3. The number of carboxylic acids is 1. The normalized spacial score (nSPS) is 14.5. The Morgan fingerprint density at radius 3 is 2.32 bits per heavy atom. The van der Waals surface area contributed by atoms with E-state index in [4.69, 9.17) is 9.47 Å². The highest BCUT2D eigenvalue weighted by Gasteiger charge is 2.28. The van der Waals surface area contributed by atoms with Gasteiger partial charge in [-0.15, -0.1) is 0 Å². The molecule has 0 unspecified atom stereocenters. The first-order valence-corrected chi connectivity index (χ1v) is 11.1. The summed E-state index contributed by atoms with van der Waals surface area (Å²) < 4.78 is 37.6. The van der Waals surface area contributed by atoms with E-state index in [1.807, 2.05) is 0 Å². The Balaban J connectivity index is 1.80. The van der Waals surface area contributed by atoms with Crippen molar-refractivity contribution in [2.45, 2.75) is 36.2 Å². The second kappa shape index (κ2) is 9.36. The monoisotopic (exact) mass is 448 g/mol. The molecule has 1 aliphatic carbocycles. The molecule has 1 saturated carbocycles. The molecule has 0 bridgehead atoms. The highest BCUT2D eigenvalue weighted by Crippen LogP contribution is 2.31. The van der Waals surface area contributed by atoms with Gasteiger partial charge in [0.1, 0.15) is 11.5 Å². The largest absolute Gasteiger partial charge is 0.497 e. The Morgan fingerprint density at radius 2 is 1.77 bits per heavy atom. The first kappa shape index (κ1) is 22.6. The Morgan fingerprint density at radius 1 is 1.10 bits per heavy atom. The number of nitrogens with one attached hydrogen (secondary N) is 2. The smallest absolute Gasteiger partial charge is 0.305 e. The highest BCUT2D eigenvalue weighted by atomic mass is 32.2. The van der Waals surface area contributed by atoms with Gasteiger partial charge in [0.15, 0.2) is 0 Å². The van der Waals surface area contributed by atoms with Crippen molar-refractivity contribution in [3.63, 3.8) is 0 Å². The van der Waals surface area contributed by atoms with E-state index in [2.05, 4.69) is 10.0 Å². The van der Waals surface area contributed by atoms with Gasteiger partial charge in [0.25, 0.3) is 5.91 Å². The van der Waals surface area contributed by atoms with Gasteiger partial charge in [0.05, 0.1) is 31.6 Å². The lowest BCUT2D eigenvalue weighted by Crippen LogP contribution is -2.30. The highest BCUT2D eigenvalue weighted by molar-refractivity contribution is 7.89. The van der Waals surface area contributed by atoms with Crippen LogP contribution in [-0.2, 0) is 14.8 Å². The minimum Gasteiger partial charge on any atom is -0.497 e. The van der Waals surface area contributed by atoms with E-state index in [0.29, 0.717) is 17.1 Å². The molecule has 2 aromatic carbocycles. The molecular weight excluding hydrogens is 424 g/mol. The molecule has 1 atom stereocenters. The first-order chi connectivity index (χ1) is 14.7. The molecule has 31 heavy (non-hydrogen) atoms. The van der Waals surface area contributed by atoms with Crippen LogP contribution in [0.5, 0.6) is 11.5 Å². The third kappa shape index (κ3) is 5.74. The standard InChI is InChI=1S/C21H24N2O7S/c1-29-15-7-10-17(19(11-15)30-2)18(12-20(24)25)22-21(26)13-3-8-16(9-4-13)31(27,28)23-14-5-6-14/h3-4,7-11,14,18,23H,5-6,12H2,1-2H3,(H,22,26)(H,24,25)/t18-/m1/s1. The molecule has 0 radical (unpaired) electrons. The molecule has 1 aliphatic rings. The maximum Gasteiger partial charge on any atom is 0.305 e. The van der Waals surface area contributed by atoms with Gasteiger partial charge in [-0.1, -0.05) is 0 Å². The Labute approximate surface area is 180 Å². The zero-order valence-electron chi connectivity index (χ0n) is 17.1. The first-order valence-electron chi connectivity index (χ1n) is 9.60. The van der Waals surface area contributed by atoms with Crippen LogP contribution in [-0.4, -0.2) is 45.7 Å². The second-order valence-electron chi connectivity index (χ2n) is 7.15. The summed E-state index contributed by atoms with van der Waals surface area (Å²) >= 11 is 0. The number of rotatable bonds is 10. The molecule has 1 fully saturated rings. The lowest BCUT2D eigenvalue weighted by atomic mass is 10.0. The average molecular weight is 448 g/mol. The Bertz CT molecular complexity index is 1060. The van der Waals surface area contributed by atoms with Crippen LogP contribution in [0.15, 0.2) is 47.4 Å². The number of amides is 1. The molecule has 0 aliphatic heterocycles. The van der Waals surface area contributed by atoms with E-state index in [-0.39, 0.29) is 22.9 Å². The number of carbonyl (C=O) groups excluding carboxylic acids is 1. The molecule has 9 nitrogen and oxygen atoms in total. The maximum absolute atomic E-state index is 12.7. The summed E-state index contributed by atoms with van der Waals surface area (Å²) in [5.41, 5.74) is 0.681. The van der Waals surface area contributed by atoms with Crippen LogP contribution in [0.1, 0.15) is 41.2 Å². The zero-order chi connectivity index (χ0) is 22.6. The molecule has 0 heterocycles. The van der Waals surface area contributed by atoms with Crippen molar-refractivity contribution in [1.82, 2.24) is 10.0 Å². The van der Waals surface area contributed by atoms with E-state index in [0.717, 1.165) is 12.8 Å². The molecule has 166 valence electrons. The quantitative estimate of drug-likeness (QED) is 0.507. The lowest BCUT2D eigenvalue weighted by Gasteiger charge is -2.20. The average Bonchev–Trinajstić information content (AvgIpc) is 3.55. The van der Waals surface area contributed by atoms with Crippen molar-refractivity contribution in [2.75, 3.05) is 14.2 Å². The SMILES string of the molecule is COc1ccc([C@@H](CC(=O)O)NC(=O)c2ccc(S(=O)(=O)NC3CC3)cc2)c(OC)c1. The van der Waals surface area contributed by atoms with Crippen molar-refractivity contribution in [1.29, 1.82) is 0 Å². The minimum atomic E-state index is -3.62. The van der Waals surface area contributed by atoms with Crippen molar-refractivity contribution in [3.8, 4) is 11.5 Å². The van der Waals surface area contributed by atoms with Crippen LogP contribution in [0.3, 0.4) is 0 Å². The number of carboxylic acid groups (broad SMARTS) is 1. The summed E-state index contributed by atoms with van der Waals surface area (Å²) in [6, 6.07) is 9.45. The lowest BCUT2D eigenvalue weighted by molar-refractivity contribution is -0.137. The van der Waals surface area contributed by atoms with E-state index < -0.39 is 27.9 Å². The van der Waals surface area contributed by atoms with Crippen LogP contribution in [0.2, 0.25) is 0 Å². The van der Waals surface area contributed by atoms with E-state index in [1.54, 1.807) is 18.2 Å². The second-order valence-corrected chi connectivity index (χ2v) is 8.87. The fourth-order valence-corrected chi connectivity index (χ4v) is 4.34. The topological polar surface area (TPSA) is 131 Å². The summed E-state index contributed by atoms with van der Waals surface area (Å²) in [5.74, 6) is -0.741.